The second kappa shape index (κ2) is 10.6. The van der Waals surface area contributed by atoms with Crippen LogP contribution < -0.4 is 15.8 Å². The molecule has 3 N–H and O–H groups in total. The number of pyridine rings is 1. The number of aromatic nitrogens is 3. The smallest absolute Gasteiger partial charge is 0.416 e. The van der Waals surface area contributed by atoms with Gasteiger partial charge in [0.25, 0.3) is 0 Å². The van der Waals surface area contributed by atoms with E-state index < -0.39 is 11.7 Å². The molecule has 194 valence electrons. The quantitative estimate of drug-likeness (QED) is 0.346. The lowest BCUT2D eigenvalue weighted by Crippen LogP contribution is -2.28. The molecule has 0 bridgehead atoms. The van der Waals surface area contributed by atoms with Crippen molar-refractivity contribution in [3.63, 3.8) is 0 Å². The molecule has 0 saturated carbocycles. The number of fused-ring (bicyclic) bond motifs is 1. The van der Waals surface area contributed by atoms with Gasteiger partial charge in [0.05, 0.1) is 11.3 Å². The van der Waals surface area contributed by atoms with Crippen LogP contribution in [0.15, 0.2) is 73.4 Å². The third-order valence-electron chi connectivity index (χ3n) is 6.42. The number of carbonyl (C=O) groups excluding carboxylic acids is 1. The summed E-state index contributed by atoms with van der Waals surface area (Å²) in [6.45, 7) is -0.0650. The highest BCUT2D eigenvalue weighted by molar-refractivity contribution is 5.93. The van der Waals surface area contributed by atoms with Gasteiger partial charge in [0.1, 0.15) is 17.8 Å². The Kier molecular flexibility index (Phi) is 7.06. The second-order valence-corrected chi connectivity index (χ2v) is 9.09. The van der Waals surface area contributed by atoms with Gasteiger partial charge in [-0.25, -0.2) is 9.97 Å². The Morgan fingerprint density at radius 2 is 1.82 bits per heavy atom. The van der Waals surface area contributed by atoms with Gasteiger partial charge < -0.3 is 15.8 Å². The monoisotopic (exact) mass is 519 g/mol. The van der Waals surface area contributed by atoms with Gasteiger partial charge >= 0.3 is 6.18 Å². The van der Waals surface area contributed by atoms with Crippen molar-refractivity contribution in [3.8, 4) is 22.8 Å². The minimum absolute atomic E-state index is 0.0650. The van der Waals surface area contributed by atoms with Crippen molar-refractivity contribution >= 4 is 11.6 Å². The number of hydrogen-bond donors (Lipinski definition) is 2. The summed E-state index contributed by atoms with van der Waals surface area (Å²) < 4.78 is 45.9. The van der Waals surface area contributed by atoms with Crippen LogP contribution in [0.1, 0.15) is 28.7 Å². The number of nitrogens with two attached hydrogens (primary N) is 1. The van der Waals surface area contributed by atoms with E-state index in [0.29, 0.717) is 42.0 Å². The Bertz CT molecular complexity index is 1460. The molecule has 2 heterocycles. The summed E-state index contributed by atoms with van der Waals surface area (Å²) in [6.07, 6.45) is 3.60. The first-order chi connectivity index (χ1) is 18.3. The molecule has 0 aliphatic heterocycles. The summed E-state index contributed by atoms with van der Waals surface area (Å²) in [5, 5.41) is 2.66. The Labute approximate surface area is 216 Å². The molecule has 2 aromatic carbocycles. The van der Waals surface area contributed by atoms with Gasteiger partial charge in [-0.15, -0.1) is 0 Å². The van der Waals surface area contributed by atoms with Gasteiger partial charge in [0.2, 0.25) is 5.91 Å². The average molecular weight is 520 g/mol. The number of rotatable bonds is 6. The average Bonchev–Trinajstić information content (AvgIpc) is 2.92. The zero-order valence-corrected chi connectivity index (χ0v) is 20.2. The molecule has 1 unspecified atom stereocenters. The Hall–Kier alpha value is -4.31. The number of carbonyl (C=O) groups is 1. The molecule has 38 heavy (non-hydrogen) atoms. The normalized spacial score (nSPS) is 15.0. The lowest BCUT2D eigenvalue weighted by molar-refractivity contribution is -0.137. The summed E-state index contributed by atoms with van der Waals surface area (Å²) in [6, 6.07) is 12.7. The van der Waals surface area contributed by atoms with Crippen LogP contribution in [0.2, 0.25) is 0 Å². The van der Waals surface area contributed by atoms with Crippen LogP contribution >= 0.6 is 0 Å². The van der Waals surface area contributed by atoms with E-state index in [4.69, 9.17) is 10.5 Å². The molecule has 4 aromatic rings. The molecule has 2 aromatic heterocycles. The van der Waals surface area contributed by atoms with Crippen LogP contribution in [0.5, 0.6) is 11.5 Å². The van der Waals surface area contributed by atoms with Crippen LogP contribution in [0.4, 0.5) is 18.9 Å². The molecule has 1 aliphatic carbocycles. The fourth-order valence-corrected chi connectivity index (χ4v) is 4.51. The molecule has 1 atom stereocenters. The van der Waals surface area contributed by atoms with Gasteiger partial charge in [0, 0.05) is 48.4 Å². The molecule has 10 heteroatoms. The van der Waals surface area contributed by atoms with Crippen LogP contribution in [0.3, 0.4) is 0 Å². The molecule has 1 amide bonds. The maximum atomic E-state index is 13.3. The Morgan fingerprint density at radius 1 is 1.03 bits per heavy atom. The molecule has 0 saturated heterocycles. The van der Waals surface area contributed by atoms with E-state index in [0.717, 1.165) is 28.8 Å². The van der Waals surface area contributed by atoms with Crippen LogP contribution in [-0.2, 0) is 30.4 Å². The van der Waals surface area contributed by atoms with Crippen LogP contribution in [0.25, 0.3) is 11.3 Å². The van der Waals surface area contributed by atoms with Crippen molar-refractivity contribution in [1.82, 2.24) is 15.0 Å². The number of benzene rings is 2. The van der Waals surface area contributed by atoms with E-state index in [1.807, 2.05) is 18.2 Å². The van der Waals surface area contributed by atoms with E-state index in [9.17, 15) is 18.0 Å². The maximum Gasteiger partial charge on any atom is 0.416 e. The van der Waals surface area contributed by atoms with Crippen molar-refractivity contribution in [2.75, 3.05) is 5.32 Å². The molecule has 1 aliphatic rings. The van der Waals surface area contributed by atoms with E-state index in [1.165, 1.54) is 12.4 Å². The largest absolute Gasteiger partial charge is 0.457 e. The van der Waals surface area contributed by atoms with Gasteiger partial charge in [-0.1, -0.05) is 6.07 Å². The SMILES string of the molecule is NCc1cc(NC(=O)C2CCc3ccc(Oc4ccnc(-c5cncnc5)c4)cc3C2)cc(C(F)(F)F)c1. The first-order valence-electron chi connectivity index (χ1n) is 12.0. The van der Waals surface area contributed by atoms with Gasteiger partial charge in [-0.3, -0.25) is 9.78 Å². The number of alkyl halides is 3. The van der Waals surface area contributed by atoms with Crippen molar-refractivity contribution in [1.29, 1.82) is 0 Å². The summed E-state index contributed by atoms with van der Waals surface area (Å²) >= 11 is 0. The van der Waals surface area contributed by atoms with Crippen molar-refractivity contribution < 1.29 is 22.7 Å². The molecule has 5 rings (SSSR count). The lowest BCUT2D eigenvalue weighted by Gasteiger charge is -2.25. The first-order valence-corrected chi connectivity index (χ1v) is 12.0. The van der Waals surface area contributed by atoms with Gasteiger partial charge in [0.15, 0.2) is 0 Å². The number of aryl methyl sites for hydroxylation is 1. The zero-order valence-electron chi connectivity index (χ0n) is 20.2. The minimum atomic E-state index is -4.53. The van der Waals surface area contributed by atoms with E-state index in [1.54, 1.807) is 30.7 Å². The van der Waals surface area contributed by atoms with Crippen LogP contribution in [-0.4, -0.2) is 20.9 Å². The van der Waals surface area contributed by atoms with Crippen molar-refractivity contribution in [2.45, 2.75) is 32.0 Å². The molecule has 0 fully saturated rings. The number of anilines is 1. The van der Waals surface area contributed by atoms with Crippen LogP contribution in [0, 0.1) is 5.92 Å². The molecule has 0 radical (unpaired) electrons. The highest BCUT2D eigenvalue weighted by Gasteiger charge is 2.32. The predicted octanol–water partition coefficient (Wildman–Crippen LogP) is 5.55. The standard InChI is InChI=1S/C28H24F3N5O2/c29-28(30,31)22-7-17(13-32)8-23(11-22)36-27(37)19-2-1-18-3-4-24(10-20(18)9-19)38-25-5-6-35-26(12-25)21-14-33-16-34-15-21/h3-8,10-12,14-16,19H,1-2,9,13,32H2,(H,36,37). The number of nitrogens with zero attached hydrogens (tertiary/aromatic N) is 3. The fourth-order valence-electron chi connectivity index (χ4n) is 4.51. The Balaban J connectivity index is 1.30. The molecular formula is C28H24F3N5O2. The summed E-state index contributed by atoms with van der Waals surface area (Å²) in [4.78, 5) is 25.4. The highest BCUT2D eigenvalue weighted by Crippen LogP contribution is 2.34. The van der Waals surface area contributed by atoms with E-state index in [-0.39, 0.29) is 24.1 Å². The molecule has 0 spiro atoms. The zero-order chi connectivity index (χ0) is 26.7. The topological polar surface area (TPSA) is 103 Å². The second-order valence-electron chi connectivity index (χ2n) is 9.09. The van der Waals surface area contributed by atoms with Gasteiger partial charge in [-0.2, -0.15) is 13.2 Å². The predicted molar refractivity (Wildman–Crippen MR) is 135 cm³/mol. The third-order valence-corrected chi connectivity index (χ3v) is 6.42. The van der Waals surface area contributed by atoms with E-state index >= 15 is 0 Å². The number of ether oxygens (including phenoxy) is 1. The molecular weight excluding hydrogens is 495 g/mol. The first kappa shape index (κ1) is 25.3. The maximum absolute atomic E-state index is 13.3. The summed E-state index contributed by atoms with van der Waals surface area (Å²) in [5.74, 6) is 0.480. The number of nitrogens with one attached hydrogen (secondary N) is 1. The van der Waals surface area contributed by atoms with Gasteiger partial charge in [-0.05, 0) is 72.4 Å². The summed E-state index contributed by atoms with van der Waals surface area (Å²) in [7, 11) is 0. The number of hydrogen-bond acceptors (Lipinski definition) is 6. The van der Waals surface area contributed by atoms with Crippen molar-refractivity contribution in [2.24, 2.45) is 11.7 Å². The molecule has 7 nitrogen and oxygen atoms in total. The lowest BCUT2D eigenvalue weighted by atomic mass is 9.83. The number of halogens is 3. The minimum Gasteiger partial charge on any atom is -0.457 e. The highest BCUT2D eigenvalue weighted by atomic mass is 19.4. The van der Waals surface area contributed by atoms with Crippen molar-refractivity contribution in [3.05, 3.63) is 95.7 Å². The van der Waals surface area contributed by atoms with E-state index in [2.05, 4.69) is 20.3 Å². The Morgan fingerprint density at radius 3 is 2.58 bits per heavy atom. The third kappa shape index (κ3) is 5.81. The number of amides is 1. The fraction of sp³-hybridized carbons (Fsp3) is 0.214. The summed E-state index contributed by atoms with van der Waals surface area (Å²) in [5.41, 5.74) is 8.62.